The van der Waals surface area contributed by atoms with E-state index in [9.17, 15) is 8.42 Å². The fourth-order valence-electron chi connectivity index (χ4n) is 2.10. The highest BCUT2D eigenvalue weighted by Crippen LogP contribution is 2.33. The van der Waals surface area contributed by atoms with Gasteiger partial charge in [0.1, 0.15) is 4.66 Å². The van der Waals surface area contributed by atoms with Crippen LogP contribution in [0.2, 0.25) is 0 Å². The van der Waals surface area contributed by atoms with E-state index in [0.717, 1.165) is 12.8 Å². The number of nitrogens with one attached hydrogen (secondary N) is 1. The predicted molar refractivity (Wildman–Crippen MR) is 65.6 cm³/mol. The lowest BCUT2D eigenvalue weighted by Gasteiger charge is -2.36. The van der Waals surface area contributed by atoms with Gasteiger partial charge in [0.15, 0.2) is 0 Å². The van der Waals surface area contributed by atoms with Crippen molar-refractivity contribution in [3.05, 3.63) is 0 Å². The summed E-state index contributed by atoms with van der Waals surface area (Å²) in [6.45, 7) is 0.522. The molecule has 1 saturated carbocycles. The molecule has 0 amide bonds. The van der Waals surface area contributed by atoms with Crippen LogP contribution in [0.1, 0.15) is 25.7 Å². The Kier molecular flexibility index (Phi) is 4.58. The molecule has 1 rings (SSSR count). The van der Waals surface area contributed by atoms with E-state index >= 15 is 0 Å². The zero-order valence-corrected chi connectivity index (χ0v) is 11.7. The molecule has 4 nitrogen and oxygen atoms in total. The predicted octanol–water partition coefficient (Wildman–Crippen LogP) is 1.13. The third kappa shape index (κ3) is 3.41. The fourth-order valence-corrected chi connectivity index (χ4v) is 3.15. The molecule has 0 aromatic heterocycles. The van der Waals surface area contributed by atoms with Gasteiger partial charge in [0, 0.05) is 12.1 Å². The number of hydrogen-bond donors (Lipinski definition) is 1. The standard InChI is InChI=1S/C9H19BrN2O2S/c1-12(2)9(5-3-4-6-9)7-11-15(13,14)8-10/h11H,3-8H2,1-2H3. The molecule has 0 saturated heterocycles. The van der Waals surface area contributed by atoms with Gasteiger partial charge in [-0.05, 0) is 26.9 Å². The van der Waals surface area contributed by atoms with Crippen LogP contribution < -0.4 is 4.72 Å². The number of halogens is 1. The van der Waals surface area contributed by atoms with Gasteiger partial charge in [-0.15, -0.1) is 0 Å². The Morgan fingerprint density at radius 1 is 1.33 bits per heavy atom. The summed E-state index contributed by atoms with van der Waals surface area (Å²) in [6, 6.07) is 0. The summed E-state index contributed by atoms with van der Waals surface area (Å²) in [5, 5.41) is 0. The Morgan fingerprint density at radius 2 is 1.87 bits per heavy atom. The maximum absolute atomic E-state index is 11.3. The molecule has 6 heteroatoms. The lowest BCUT2D eigenvalue weighted by Crippen LogP contribution is -2.50. The van der Waals surface area contributed by atoms with Gasteiger partial charge >= 0.3 is 0 Å². The normalized spacial score (nSPS) is 21.1. The SMILES string of the molecule is CN(C)C1(CNS(=O)(=O)CBr)CCCC1. The third-order valence-corrected chi connectivity index (χ3v) is 5.93. The van der Waals surface area contributed by atoms with E-state index in [-0.39, 0.29) is 10.2 Å². The molecule has 1 aliphatic carbocycles. The smallest absolute Gasteiger partial charge is 0.221 e. The van der Waals surface area contributed by atoms with Gasteiger partial charge in [-0.25, -0.2) is 13.1 Å². The second-order valence-electron chi connectivity index (χ2n) is 4.37. The van der Waals surface area contributed by atoms with Crippen molar-refractivity contribution in [1.82, 2.24) is 9.62 Å². The Morgan fingerprint density at radius 3 is 2.27 bits per heavy atom. The van der Waals surface area contributed by atoms with E-state index in [1.54, 1.807) is 0 Å². The quantitative estimate of drug-likeness (QED) is 0.774. The van der Waals surface area contributed by atoms with Crippen LogP contribution in [0.3, 0.4) is 0 Å². The van der Waals surface area contributed by atoms with Gasteiger partial charge in [0.2, 0.25) is 10.0 Å². The average Bonchev–Trinajstić information content (AvgIpc) is 2.65. The van der Waals surface area contributed by atoms with E-state index in [0.29, 0.717) is 6.54 Å². The van der Waals surface area contributed by atoms with Crippen LogP contribution in [-0.2, 0) is 10.0 Å². The molecule has 0 aromatic rings. The second-order valence-corrected chi connectivity index (χ2v) is 7.48. The Balaban J connectivity index is 2.61. The van der Waals surface area contributed by atoms with Crippen LogP contribution in [0.25, 0.3) is 0 Å². The molecule has 1 aliphatic rings. The van der Waals surface area contributed by atoms with E-state index in [1.165, 1.54) is 12.8 Å². The monoisotopic (exact) mass is 298 g/mol. The topological polar surface area (TPSA) is 49.4 Å². The Bertz CT molecular complexity index is 297. The van der Waals surface area contributed by atoms with Crippen molar-refractivity contribution in [3.8, 4) is 0 Å². The van der Waals surface area contributed by atoms with Gasteiger partial charge in [-0.2, -0.15) is 0 Å². The van der Waals surface area contributed by atoms with Crippen molar-refractivity contribution >= 4 is 26.0 Å². The molecule has 0 spiro atoms. The highest BCUT2D eigenvalue weighted by molar-refractivity contribution is 9.10. The van der Waals surface area contributed by atoms with Crippen LogP contribution >= 0.6 is 15.9 Å². The number of nitrogens with zero attached hydrogens (tertiary/aromatic N) is 1. The van der Waals surface area contributed by atoms with Crippen LogP contribution in [-0.4, -0.2) is 44.2 Å². The van der Waals surface area contributed by atoms with Crippen LogP contribution in [0, 0.1) is 0 Å². The number of alkyl halides is 1. The summed E-state index contributed by atoms with van der Waals surface area (Å²) in [7, 11) is 0.905. The molecule has 0 radical (unpaired) electrons. The lowest BCUT2D eigenvalue weighted by molar-refractivity contribution is 0.162. The average molecular weight is 299 g/mol. The van der Waals surface area contributed by atoms with Gasteiger partial charge in [-0.1, -0.05) is 28.8 Å². The maximum Gasteiger partial charge on any atom is 0.221 e. The van der Waals surface area contributed by atoms with Crippen LogP contribution in [0.5, 0.6) is 0 Å². The minimum absolute atomic E-state index is 0.0231. The zero-order chi connectivity index (χ0) is 11.5. The van der Waals surface area contributed by atoms with Crippen LogP contribution in [0.4, 0.5) is 0 Å². The second kappa shape index (κ2) is 5.12. The molecule has 1 fully saturated rings. The molecule has 0 aliphatic heterocycles. The Labute approximate surface area is 101 Å². The summed E-state index contributed by atoms with van der Waals surface area (Å²) in [5.41, 5.74) is 0.0231. The largest absolute Gasteiger partial charge is 0.302 e. The molecule has 1 N–H and O–H groups in total. The van der Waals surface area contributed by atoms with Crippen molar-refractivity contribution in [2.24, 2.45) is 0 Å². The number of hydrogen-bond acceptors (Lipinski definition) is 3. The summed E-state index contributed by atoms with van der Waals surface area (Å²) in [6.07, 6.45) is 4.53. The molecule has 0 heterocycles. The van der Waals surface area contributed by atoms with Crippen molar-refractivity contribution < 1.29 is 8.42 Å². The van der Waals surface area contributed by atoms with Crippen molar-refractivity contribution in [1.29, 1.82) is 0 Å². The molecular weight excluding hydrogens is 280 g/mol. The number of sulfonamides is 1. The number of likely N-dealkylation sites (N-methyl/N-ethyl adjacent to an activating group) is 1. The van der Waals surface area contributed by atoms with Crippen molar-refractivity contribution in [3.63, 3.8) is 0 Å². The minimum atomic E-state index is -3.14. The van der Waals surface area contributed by atoms with E-state index in [1.807, 2.05) is 14.1 Å². The van der Waals surface area contributed by atoms with E-state index < -0.39 is 10.0 Å². The highest BCUT2D eigenvalue weighted by atomic mass is 79.9. The highest BCUT2D eigenvalue weighted by Gasteiger charge is 2.36. The fraction of sp³-hybridized carbons (Fsp3) is 1.00. The van der Waals surface area contributed by atoms with Crippen LogP contribution in [0.15, 0.2) is 0 Å². The maximum atomic E-state index is 11.3. The summed E-state index contributed by atoms with van der Waals surface area (Å²) in [4.78, 5) is 2.15. The first kappa shape index (κ1) is 13.4. The summed E-state index contributed by atoms with van der Waals surface area (Å²) < 4.78 is 25.3. The lowest BCUT2D eigenvalue weighted by atomic mass is 9.97. The van der Waals surface area contributed by atoms with Gasteiger partial charge in [0.05, 0.1) is 0 Å². The van der Waals surface area contributed by atoms with Gasteiger partial charge in [0.25, 0.3) is 0 Å². The first-order valence-electron chi connectivity index (χ1n) is 5.13. The Hall–Kier alpha value is 0.350. The minimum Gasteiger partial charge on any atom is -0.302 e. The van der Waals surface area contributed by atoms with Crippen molar-refractivity contribution in [2.75, 3.05) is 25.3 Å². The number of rotatable bonds is 5. The molecule has 0 atom stereocenters. The van der Waals surface area contributed by atoms with E-state index in [2.05, 4.69) is 25.6 Å². The molecule has 90 valence electrons. The first-order chi connectivity index (χ1) is 6.92. The molecule has 0 bridgehead atoms. The zero-order valence-electron chi connectivity index (χ0n) is 9.29. The van der Waals surface area contributed by atoms with Crippen molar-refractivity contribution in [2.45, 2.75) is 31.2 Å². The molecular formula is C9H19BrN2O2S. The summed E-state index contributed by atoms with van der Waals surface area (Å²) >= 11 is 2.97. The van der Waals surface area contributed by atoms with Gasteiger partial charge in [-0.3, -0.25) is 0 Å². The molecule has 15 heavy (non-hydrogen) atoms. The first-order valence-corrected chi connectivity index (χ1v) is 7.90. The van der Waals surface area contributed by atoms with E-state index in [4.69, 9.17) is 0 Å². The third-order valence-electron chi connectivity index (χ3n) is 3.25. The molecule has 0 unspecified atom stereocenters. The summed E-state index contributed by atoms with van der Waals surface area (Å²) in [5.74, 6) is 0. The molecule has 0 aromatic carbocycles. The van der Waals surface area contributed by atoms with Gasteiger partial charge < -0.3 is 4.90 Å².